The van der Waals surface area contributed by atoms with Crippen LogP contribution >= 0.6 is 0 Å². The molecule has 11 heteroatoms. The van der Waals surface area contributed by atoms with Gasteiger partial charge in [0.15, 0.2) is 0 Å². The van der Waals surface area contributed by atoms with Crippen molar-refractivity contribution >= 4 is 29.7 Å². The summed E-state index contributed by atoms with van der Waals surface area (Å²) in [6.07, 6.45) is 5.10. The standard InChI is InChI=1S/C32H47N5O6/c1-8-20(4)27(35(5)6)30(39)34-26(19(2)3)31(40)37-17-14-25-28(37)32(41)36-16-9-10-23(36)29(38)33-15-13-21-18-22(43-25)11-12-24(21)42-7/h11-13,15,18-20,23,25-28H,8-10,14,16-17H2,1-7H3,(H,33,38)(H,34,39). The van der Waals surface area contributed by atoms with Gasteiger partial charge in [-0.1, -0.05) is 34.1 Å². The van der Waals surface area contributed by atoms with Crippen LogP contribution in [0.3, 0.4) is 0 Å². The molecular weight excluding hydrogens is 550 g/mol. The van der Waals surface area contributed by atoms with Gasteiger partial charge in [0, 0.05) is 31.3 Å². The third-order valence-electron chi connectivity index (χ3n) is 8.93. The average Bonchev–Trinajstić information content (AvgIpc) is 3.62. The zero-order valence-electron chi connectivity index (χ0n) is 26.5. The molecule has 1 aromatic carbocycles. The number of likely N-dealkylation sites (tertiary alicyclic amines) is 1. The molecule has 43 heavy (non-hydrogen) atoms. The van der Waals surface area contributed by atoms with E-state index in [0.29, 0.717) is 42.9 Å². The van der Waals surface area contributed by atoms with E-state index in [9.17, 15) is 19.2 Å². The first-order chi connectivity index (χ1) is 20.5. The Hall–Kier alpha value is -3.60. The lowest BCUT2D eigenvalue weighted by Gasteiger charge is -2.36. The summed E-state index contributed by atoms with van der Waals surface area (Å²) in [6, 6.07) is 2.50. The number of methoxy groups -OCH3 is 1. The Morgan fingerprint density at radius 1 is 1.16 bits per heavy atom. The fraction of sp³-hybridized carbons (Fsp3) is 0.625. The summed E-state index contributed by atoms with van der Waals surface area (Å²) in [4.78, 5) is 60.3. The molecule has 11 nitrogen and oxygen atoms in total. The smallest absolute Gasteiger partial charge is 0.249 e. The van der Waals surface area contributed by atoms with Crippen LogP contribution in [0.2, 0.25) is 0 Å². The van der Waals surface area contributed by atoms with E-state index in [1.807, 2.05) is 46.7 Å². The summed E-state index contributed by atoms with van der Waals surface area (Å²) in [5.41, 5.74) is 0.705. The second kappa shape index (κ2) is 13.8. The van der Waals surface area contributed by atoms with Gasteiger partial charge in [-0.25, -0.2) is 0 Å². The molecule has 2 bridgehead atoms. The fourth-order valence-electron chi connectivity index (χ4n) is 6.46. The van der Waals surface area contributed by atoms with E-state index in [4.69, 9.17) is 9.47 Å². The van der Waals surface area contributed by atoms with E-state index in [2.05, 4.69) is 10.6 Å². The monoisotopic (exact) mass is 597 g/mol. The minimum atomic E-state index is -0.947. The number of carbonyl (C=O) groups excluding carboxylic acids is 4. The minimum absolute atomic E-state index is 0.0848. The van der Waals surface area contributed by atoms with Crippen molar-refractivity contribution in [3.63, 3.8) is 0 Å². The third-order valence-corrected chi connectivity index (χ3v) is 8.93. The Morgan fingerprint density at radius 2 is 1.91 bits per heavy atom. The molecule has 3 heterocycles. The molecule has 2 fully saturated rings. The number of hydrogen-bond donors (Lipinski definition) is 2. The van der Waals surface area contributed by atoms with Crippen molar-refractivity contribution in [3.8, 4) is 11.5 Å². The SMILES string of the molecule is CCC(C)C(C(=O)NC(C(=O)N1CCC2Oc3ccc(OC)c(c3)C=CNC(=O)C3CCCN3C(=O)C21)C(C)C)N(C)C. The van der Waals surface area contributed by atoms with Crippen molar-refractivity contribution < 1.29 is 28.7 Å². The summed E-state index contributed by atoms with van der Waals surface area (Å²) in [5.74, 6) is -0.137. The maximum atomic E-state index is 14.3. The first-order valence-electron chi connectivity index (χ1n) is 15.4. The normalized spacial score (nSPS) is 24.2. The fourth-order valence-corrected chi connectivity index (χ4v) is 6.46. The van der Waals surface area contributed by atoms with Crippen LogP contribution in [0.25, 0.3) is 6.08 Å². The van der Waals surface area contributed by atoms with Crippen LogP contribution < -0.4 is 20.1 Å². The van der Waals surface area contributed by atoms with Crippen molar-refractivity contribution in [1.29, 1.82) is 0 Å². The van der Waals surface area contributed by atoms with Gasteiger partial charge in [-0.2, -0.15) is 0 Å². The third kappa shape index (κ3) is 6.82. The number of fused-ring (bicyclic) bond motifs is 4. The number of nitrogens with one attached hydrogen (secondary N) is 2. The summed E-state index contributed by atoms with van der Waals surface area (Å²) < 4.78 is 11.9. The summed E-state index contributed by atoms with van der Waals surface area (Å²) in [7, 11) is 5.29. The van der Waals surface area contributed by atoms with Crippen LogP contribution in [0, 0.1) is 11.8 Å². The number of hydrogen-bond acceptors (Lipinski definition) is 7. The number of amides is 4. The van der Waals surface area contributed by atoms with Crippen LogP contribution in [0.4, 0.5) is 0 Å². The molecule has 2 saturated heterocycles. The van der Waals surface area contributed by atoms with Crippen LogP contribution in [-0.2, 0) is 19.2 Å². The summed E-state index contributed by atoms with van der Waals surface area (Å²) >= 11 is 0. The van der Waals surface area contributed by atoms with Gasteiger partial charge in [0.2, 0.25) is 23.6 Å². The molecular formula is C32H47N5O6. The molecule has 4 amide bonds. The molecule has 4 rings (SSSR count). The van der Waals surface area contributed by atoms with E-state index in [1.54, 1.807) is 47.4 Å². The van der Waals surface area contributed by atoms with Gasteiger partial charge in [-0.3, -0.25) is 24.1 Å². The topological polar surface area (TPSA) is 121 Å². The molecule has 3 aliphatic rings. The molecule has 3 aliphatic heterocycles. The van der Waals surface area contributed by atoms with Crippen LogP contribution in [0.1, 0.15) is 58.9 Å². The zero-order chi connectivity index (χ0) is 31.4. The van der Waals surface area contributed by atoms with Gasteiger partial charge >= 0.3 is 0 Å². The largest absolute Gasteiger partial charge is 0.496 e. The molecule has 6 atom stereocenters. The van der Waals surface area contributed by atoms with Gasteiger partial charge < -0.3 is 29.9 Å². The Balaban J connectivity index is 1.69. The molecule has 0 spiro atoms. The van der Waals surface area contributed by atoms with Gasteiger partial charge in [0.25, 0.3) is 0 Å². The Morgan fingerprint density at radius 3 is 2.56 bits per heavy atom. The highest BCUT2D eigenvalue weighted by Crippen LogP contribution is 2.32. The number of benzene rings is 1. The number of ether oxygens (including phenoxy) is 2. The van der Waals surface area contributed by atoms with Crippen LogP contribution in [0.5, 0.6) is 11.5 Å². The van der Waals surface area contributed by atoms with E-state index in [-0.39, 0.29) is 42.0 Å². The minimum Gasteiger partial charge on any atom is -0.496 e. The molecule has 0 aliphatic carbocycles. The zero-order valence-corrected chi connectivity index (χ0v) is 26.5. The highest BCUT2D eigenvalue weighted by Gasteiger charge is 2.49. The Bertz CT molecular complexity index is 1230. The molecule has 6 unspecified atom stereocenters. The molecule has 1 aromatic rings. The first-order valence-corrected chi connectivity index (χ1v) is 15.4. The maximum Gasteiger partial charge on any atom is 0.249 e. The Labute approximate surface area is 254 Å². The second-order valence-electron chi connectivity index (χ2n) is 12.4. The van der Waals surface area contributed by atoms with Gasteiger partial charge in [0.1, 0.15) is 35.7 Å². The van der Waals surface area contributed by atoms with Crippen molar-refractivity contribution in [2.45, 2.75) is 83.6 Å². The van der Waals surface area contributed by atoms with Crippen molar-refractivity contribution in [3.05, 3.63) is 30.0 Å². The quantitative estimate of drug-likeness (QED) is 0.472. The average molecular weight is 598 g/mol. The molecule has 0 saturated carbocycles. The van der Waals surface area contributed by atoms with E-state index < -0.39 is 30.3 Å². The van der Waals surface area contributed by atoms with Crippen molar-refractivity contribution in [2.75, 3.05) is 34.3 Å². The molecule has 0 aromatic heterocycles. The number of rotatable bonds is 8. The van der Waals surface area contributed by atoms with E-state index in [1.165, 1.54) is 0 Å². The summed E-state index contributed by atoms with van der Waals surface area (Å²) in [5, 5.41) is 5.84. The summed E-state index contributed by atoms with van der Waals surface area (Å²) in [6.45, 7) is 8.54. The van der Waals surface area contributed by atoms with E-state index >= 15 is 0 Å². The van der Waals surface area contributed by atoms with Gasteiger partial charge in [-0.15, -0.1) is 0 Å². The second-order valence-corrected chi connectivity index (χ2v) is 12.4. The van der Waals surface area contributed by atoms with Crippen LogP contribution in [0.15, 0.2) is 24.4 Å². The number of nitrogens with zero attached hydrogens (tertiary/aromatic N) is 3. The van der Waals surface area contributed by atoms with Crippen molar-refractivity contribution in [2.24, 2.45) is 11.8 Å². The maximum absolute atomic E-state index is 14.3. The predicted octanol–water partition coefficient (Wildman–Crippen LogP) is 2.25. The van der Waals surface area contributed by atoms with Gasteiger partial charge in [-0.05, 0) is 63.0 Å². The first kappa shape index (κ1) is 32.3. The van der Waals surface area contributed by atoms with Crippen molar-refractivity contribution in [1.82, 2.24) is 25.3 Å². The lowest BCUT2D eigenvalue weighted by atomic mass is 9.95. The predicted molar refractivity (Wildman–Crippen MR) is 163 cm³/mol. The molecule has 0 radical (unpaired) electrons. The van der Waals surface area contributed by atoms with Crippen LogP contribution in [-0.4, -0.2) is 103 Å². The highest BCUT2D eigenvalue weighted by atomic mass is 16.5. The highest BCUT2D eigenvalue weighted by molar-refractivity contribution is 5.96. The molecule has 2 N–H and O–H groups in total. The number of likely N-dealkylation sites (N-methyl/N-ethyl adjacent to an activating group) is 1. The number of carbonyl (C=O) groups is 4. The van der Waals surface area contributed by atoms with E-state index in [0.717, 1.165) is 6.42 Å². The molecule has 236 valence electrons. The Kier molecular flexibility index (Phi) is 10.4. The van der Waals surface area contributed by atoms with Gasteiger partial charge in [0.05, 0.1) is 13.2 Å². The lowest BCUT2D eigenvalue weighted by molar-refractivity contribution is -0.150. The lowest BCUT2D eigenvalue weighted by Crippen LogP contribution is -2.61.